The summed E-state index contributed by atoms with van der Waals surface area (Å²) in [4.78, 5) is 8.72. The third-order valence-electron chi connectivity index (χ3n) is 4.30. The smallest absolute Gasteiger partial charge is 0.230 e. The molecule has 1 fully saturated rings. The summed E-state index contributed by atoms with van der Waals surface area (Å²) in [5.74, 6) is 3.23. The Hall–Kier alpha value is -2.89. The Morgan fingerprint density at radius 1 is 1.08 bits per heavy atom. The van der Waals surface area contributed by atoms with E-state index in [-0.39, 0.29) is 5.92 Å². The summed E-state index contributed by atoms with van der Waals surface area (Å²) in [6.07, 6.45) is 4.69. The van der Waals surface area contributed by atoms with E-state index in [0.717, 1.165) is 12.0 Å². The molecule has 0 aliphatic heterocycles. The Labute approximate surface area is 139 Å². The average Bonchev–Trinajstić information content (AvgIpc) is 3.30. The lowest BCUT2D eigenvalue weighted by Gasteiger charge is -2.07. The van der Waals surface area contributed by atoms with Gasteiger partial charge in [0.1, 0.15) is 0 Å². The predicted molar refractivity (Wildman–Crippen MR) is 87.2 cm³/mol. The maximum Gasteiger partial charge on any atom is 0.230 e. The first-order chi connectivity index (χ1) is 11.8. The first kappa shape index (κ1) is 14.7. The van der Waals surface area contributed by atoms with Crippen LogP contribution in [0.1, 0.15) is 29.7 Å². The van der Waals surface area contributed by atoms with Gasteiger partial charge in [-0.1, -0.05) is 11.2 Å². The minimum absolute atomic E-state index is 0.274. The van der Waals surface area contributed by atoms with Crippen LogP contribution >= 0.6 is 0 Å². The zero-order chi connectivity index (χ0) is 16.5. The number of pyridine rings is 1. The van der Waals surface area contributed by atoms with E-state index in [9.17, 15) is 0 Å². The quantitative estimate of drug-likeness (QED) is 0.716. The van der Waals surface area contributed by atoms with Gasteiger partial charge in [0, 0.05) is 23.9 Å². The van der Waals surface area contributed by atoms with Crippen molar-refractivity contribution in [3.05, 3.63) is 54.2 Å². The van der Waals surface area contributed by atoms with Gasteiger partial charge >= 0.3 is 0 Å². The van der Waals surface area contributed by atoms with Crippen LogP contribution in [0.3, 0.4) is 0 Å². The van der Waals surface area contributed by atoms with E-state index in [1.54, 1.807) is 20.4 Å². The van der Waals surface area contributed by atoms with Crippen LogP contribution in [0.2, 0.25) is 0 Å². The van der Waals surface area contributed by atoms with E-state index < -0.39 is 0 Å². The lowest BCUT2D eigenvalue weighted by molar-refractivity contribution is 0.355. The van der Waals surface area contributed by atoms with E-state index in [1.165, 1.54) is 5.56 Å². The molecule has 2 aromatic heterocycles. The topological polar surface area (TPSA) is 70.3 Å². The van der Waals surface area contributed by atoms with Crippen LogP contribution in [-0.4, -0.2) is 29.3 Å². The monoisotopic (exact) mass is 323 g/mol. The zero-order valence-electron chi connectivity index (χ0n) is 13.5. The number of rotatable bonds is 5. The minimum atomic E-state index is 0.274. The van der Waals surface area contributed by atoms with Gasteiger partial charge in [0.2, 0.25) is 11.7 Å². The Morgan fingerprint density at radius 3 is 2.71 bits per heavy atom. The van der Waals surface area contributed by atoms with Crippen molar-refractivity contribution in [3.63, 3.8) is 0 Å². The molecule has 122 valence electrons. The third kappa shape index (κ3) is 2.60. The fourth-order valence-electron chi connectivity index (χ4n) is 2.91. The number of hydrogen-bond donors (Lipinski definition) is 0. The average molecular weight is 323 g/mol. The molecule has 2 heterocycles. The second-order valence-corrected chi connectivity index (χ2v) is 5.76. The van der Waals surface area contributed by atoms with Gasteiger partial charge in [-0.25, -0.2) is 0 Å². The fraction of sp³-hybridized carbons (Fsp3) is 0.278. The van der Waals surface area contributed by atoms with Gasteiger partial charge < -0.3 is 14.0 Å². The van der Waals surface area contributed by atoms with Crippen molar-refractivity contribution >= 4 is 0 Å². The van der Waals surface area contributed by atoms with Crippen LogP contribution < -0.4 is 9.47 Å². The largest absolute Gasteiger partial charge is 0.493 e. The first-order valence-electron chi connectivity index (χ1n) is 7.76. The van der Waals surface area contributed by atoms with Crippen LogP contribution in [-0.2, 0) is 0 Å². The summed E-state index contributed by atoms with van der Waals surface area (Å²) in [6.45, 7) is 0. The summed E-state index contributed by atoms with van der Waals surface area (Å²) in [5, 5.41) is 4.11. The van der Waals surface area contributed by atoms with Crippen LogP contribution in [0.25, 0.3) is 11.4 Å². The van der Waals surface area contributed by atoms with Gasteiger partial charge in [-0.15, -0.1) is 0 Å². The normalized spacial score (nSPS) is 19.1. The molecule has 4 rings (SSSR count). The molecule has 1 saturated carbocycles. The van der Waals surface area contributed by atoms with Crippen LogP contribution in [0.15, 0.2) is 47.2 Å². The molecule has 2 atom stereocenters. The molecule has 2 unspecified atom stereocenters. The summed E-state index contributed by atoms with van der Waals surface area (Å²) < 4.78 is 16.0. The van der Waals surface area contributed by atoms with Crippen molar-refractivity contribution in [1.29, 1.82) is 0 Å². The van der Waals surface area contributed by atoms with Crippen molar-refractivity contribution in [1.82, 2.24) is 15.1 Å². The minimum Gasteiger partial charge on any atom is -0.493 e. The molecule has 0 spiro atoms. The van der Waals surface area contributed by atoms with Crippen molar-refractivity contribution in [2.75, 3.05) is 14.2 Å². The number of hydrogen-bond acceptors (Lipinski definition) is 6. The highest BCUT2D eigenvalue weighted by atomic mass is 16.5. The Kier molecular flexibility index (Phi) is 3.65. The van der Waals surface area contributed by atoms with Crippen molar-refractivity contribution in [3.8, 4) is 22.9 Å². The molecule has 0 radical (unpaired) electrons. The Bertz CT molecular complexity index is 848. The lowest BCUT2D eigenvalue weighted by Crippen LogP contribution is -1.91. The molecule has 24 heavy (non-hydrogen) atoms. The van der Waals surface area contributed by atoms with Crippen LogP contribution in [0, 0.1) is 0 Å². The fourth-order valence-corrected chi connectivity index (χ4v) is 2.91. The summed E-state index contributed by atoms with van der Waals surface area (Å²) in [5.41, 5.74) is 2.05. The predicted octanol–water partition coefficient (Wildman–Crippen LogP) is 3.42. The summed E-state index contributed by atoms with van der Waals surface area (Å²) in [6, 6.07) is 9.61. The number of methoxy groups -OCH3 is 2. The van der Waals surface area contributed by atoms with Gasteiger partial charge in [-0.2, -0.15) is 4.98 Å². The Morgan fingerprint density at radius 2 is 1.96 bits per heavy atom. The van der Waals surface area contributed by atoms with E-state index in [1.807, 2.05) is 30.5 Å². The Balaban J connectivity index is 1.56. The molecule has 0 amide bonds. The first-order valence-corrected chi connectivity index (χ1v) is 7.76. The number of nitrogens with zero attached hydrogens (tertiary/aromatic N) is 3. The van der Waals surface area contributed by atoms with Gasteiger partial charge in [-0.3, -0.25) is 4.98 Å². The zero-order valence-corrected chi connectivity index (χ0v) is 13.5. The van der Waals surface area contributed by atoms with E-state index in [2.05, 4.69) is 21.2 Å². The van der Waals surface area contributed by atoms with Crippen molar-refractivity contribution < 1.29 is 14.0 Å². The third-order valence-corrected chi connectivity index (χ3v) is 4.30. The van der Waals surface area contributed by atoms with Crippen LogP contribution in [0.4, 0.5) is 0 Å². The van der Waals surface area contributed by atoms with Gasteiger partial charge in [0.15, 0.2) is 11.5 Å². The summed E-state index contributed by atoms with van der Waals surface area (Å²) in [7, 11) is 3.21. The number of benzene rings is 1. The SMILES string of the molecule is COc1ccc(-c2noc(C3CC3c3cccnc3)n2)cc1OC. The number of ether oxygens (including phenoxy) is 2. The van der Waals surface area contributed by atoms with Crippen molar-refractivity contribution in [2.24, 2.45) is 0 Å². The van der Waals surface area contributed by atoms with Crippen LogP contribution in [0.5, 0.6) is 11.5 Å². The molecule has 0 bridgehead atoms. The molecule has 1 aromatic carbocycles. The number of aromatic nitrogens is 3. The highest BCUT2D eigenvalue weighted by Crippen LogP contribution is 2.54. The maximum absolute atomic E-state index is 5.47. The lowest BCUT2D eigenvalue weighted by atomic mass is 10.1. The molecule has 1 aliphatic rings. The molecular formula is C18H17N3O3. The van der Waals surface area contributed by atoms with E-state index >= 15 is 0 Å². The molecule has 0 N–H and O–H groups in total. The molecule has 3 aromatic rings. The van der Waals surface area contributed by atoms with Gasteiger partial charge in [-0.05, 0) is 42.2 Å². The van der Waals surface area contributed by atoms with Gasteiger partial charge in [0.25, 0.3) is 0 Å². The molecule has 1 aliphatic carbocycles. The molecule has 6 nitrogen and oxygen atoms in total. The molecule has 0 saturated heterocycles. The maximum atomic E-state index is 5.47. The molecular weight excluding hydrogens is 306 g/mol. The second-order valence-electron chi connectivity index (χ2n) is 5.76. The summed E-state index contributed by atoms with van der Waals surface area (Å²) >= 11 is 0. The second kappa shape index (κ2) is 5.96. The van der Waals surface area contributed by atoms with E-state index in [0.29, 0.717) is 29.1 Å². The van der Waals surface area contributed by atoms with E-state index in [4.69, 9.17) is 14.0 Å². The van der Waals surface area contributed by atoms with Gasteiger partial charge in [0.05, 0.1) is 14.2 Å². The molecule has 6 heteroatoms. The highest BCUT2D eigenvalue weighted by Gasteiger charge is 2.43. The highest BCUT2D eigenvalue weighted by molar-refractivity contribution is 5.60. The standard InChI is InChI=1S/C18H17N3O3/c1-22-15-6-5-11(8-16(15)23-2)17-20-18(24-21-17)14-9-13(14)12-4-3-7-19-10-12/h3-8,10,13-14H,9H2,1-2H3. The van der Waals surface area contributed by atoms with Crippen molar-refractivity contribution in [2.45, 2.75) is 18.3 Å².